The van der Waals surface area contributed by atoms with Gasteiger partial charge < -0.3 is 14.5 Å². The highest BCUT2D eigenvalue weighted by molar-refractivity contribution is 5.87. The number of H-pyrrole nitrogens is 1. The molecule has 33 heavy (non-hydrogen) atoms. The Morgan fingerprint density at radius 2 is 1.76 bits per heavy atom. The first-order valence-electron chi connectivity index (χ1n) is 11.1. The molecule has 0 radical (unpaired) electrons. The number of aromatic nitrogens is 1. The molecular formula is C29H25NO3. The molecule has 0 fully saturated rings. The van der Waals surface area contributed by atoms with E-state index in [1.165, 1.54) is 17.9 Å². The molecule has 5 aromatic rings. The summed E-state index contributed by atoms with van der Waals surface area (Å²) in [5, 5.41) is 3.55. The van der Waals surface area contributed by atoms with Gasteiger partial charge in [0, 0.05) is 23.7 Å². The molecule has 5 rings (SSSR count). The molecule has 0 aliphatic heterocycles. The number of rotatable bonds is 7. The van der Waals surface area contributed by atoms with Crippen LogP contribution in [0.15, 0.2) is 91.1 Å². The Labute approximate surface area is 192 Å². The van der Waals surface area contributed by atoms with Gasteiger partial charge in [0.15, 0.2) is 0 Å². The number of aryl methyl sites for hydroxylation is 1. The van der Waals surface area contributed by atoms with Gasteiger partial charge in [0.1, 0.15) is 12.4 Å². The highest BCUT2D eigenvalue weighted by Crippen LogP contribution is 2.34. The number of ether oxygens (including phenoxy) is 2. The minimum atomic E-state index is -0.207. The van der Waals surface area contributed by atoms with Crippen molar-refractivity contribution in [3.8, 4) is 16.9 Å². The molecule has 0 unspecified atom stereocenters. The molecule has 164 valence electrons. The smallest absolute Gasteiger partial charge is 0.305 e. The van der Waals surface area contributed by atoms with Crippen LogP contribution in [0.1, 0.15) is 17.5 Å². The first-order chi connectivity index (χ1) is 16.2. The first-order valence-corrected chi connectivity index (χ1v) is 11.1. The Kier molecular flexibility index (Phi) is 5.81. The third-order valence-electron chi connectivity index (χ3n) is 6.02. The predicted octanol–water partition coefficient (Wildman–Crippen LogP) is 6.67. The summed E-state index contributed by atoms with van der Waals surface area (Å²) in [4.78, 5) is 14.9. The van der Waals surface area contributed by atoms with Gasteiger partial charge in [-0.2, -0.15) is 0 Å². The summed E-state index contributed by atoms with van der Waals surface area (Å²) >= 11 is 0. The van der Waals surface area contributed by atoms with E-state index in [0.717, 1.165) is 38.9 Å². The van der Waals surface area contributed by atoms with E-state index in [0.29, 0.717) is 19.4 Å². The largest absolute Gasteiger partial charge is 0.488 e. The topological polar surface area (TPSA) is 51.3 Å². The Morgan fingerprint density at radius 1 is 0.879 bits per heavy atom. The van der Waals surface area contributed by atoms with Gasteiger partial charge in [0.25, 0.3) is 0 Å². The van der Waals surface area contributed by atoms with Crippen LogP contribution >= 0.6 is 0 Å². The number of fused-ring (bicyclic) bond motifs is 2. The second-order valence-corrected chi connectivity index (χ2v) is 8.11. The molecule has 0 atom stereocenters. The summed E-state index contributed by atoms with van der Waals surface area (Å²) in [5.74, 6) is 0.612. The van der Waals surface area contributed by atoms with Crippen molar-refractivity contribution in [1.82, 2.24) is 4.98 Å². The highest BCUT2D eigenvalue weighted by atomic mass is 16.5. The second kappa shape index (κ2) is 9.21. The summed E-state index contributed by atoms with van der Waals surface area (Å²) in [6.45, 7) is 0.474. The maximum Gasteiger partial charge on any atom is 0.305 e. The number of benzene rings is 4. The average molecular weight is 436 g/mol. The van der Waals surface area contributed by atoms with Crippen molar-refractivity contribution in [2.75, 3.05) is 7.11 Å². The van der Waals surface area contributed by atoms with E-state index in [1.54, 1.807) is 0 Å². The van der Waals surface area contributed by atoms with Gasteiger partial charge in [-0.15, -0.1) is 0 Å². The van der Waals surface area contributed by atoms with Crippen LogP contribution in [-0.2, 0) is 22.6 Å². The fourth-order valence-electron chi connectivity index (χ4n) is 4.23. The van der Waals surface area contributed by atoms with Crippen LogP contribution in [0, 0.1) is 0 Å². The lowest BCUT2D eigenvalue weighted by Gasteiger charge is -2.15. The third kappa shape index (κ3) is 4.46. The summed E-state index contributed by atoms with van der Waals surface area (Å²) in [5.41, 5.74) is 5.41. The van der Waals surface area contributed by atoms with Crippen LogP contribution in [0.25, 0.3) is 32.8 Å². The van der Waals surface area contributed by atoms with Crippen LogP contribution in [0.3, 0.4) is 0 Å². The molecule has 0 aliphatic carbocycles. The number of hydrogen-bond acceptors (Lipinski definition) is 3. The molecule has 0 aliphatic rings. The second-order valence-electron chi connectivity index (χ2n) is 8.11. The maximum atomic E-state index is 11.6. The average Bonchev–Trinajstić information content (AvgIpc) is 3.34. The third-order valence-corrected chi connectivity index (χ3v) is 6.02. The quantitative estimate of drug-likeness (QED) is 0.290. The molecule has 0 spiro atoms. The number of carbonyl (C=O) groups is 1. The van der Waals surface area contributed by atoms with Gasteiger partial charge in [-0.25, -0.2) is 0 Å². The summed E-state index contributed by atoms with van der Waals surface area (Å²) in [7, 11) is 1.42. The number of esters is 1. The summed E-state index contributed by atoms with van der Waals surface area (Å²) < 4.78 is 11.2. The van der Waals surface area contributed by atoms with Crippen molar-refractivity contribution >= 4 is 27.6 Å². The number of hydrogen-bond donors (Lipinski definition) is 1. The molecule has 4 aromatic carbocycles. The van der Waals surface area contributed by atoms with Crippen LogP contribution in [0.4, 0.5) is 0 Å². The van der Waals surface area contributed by atoms with Crippen molar-refractivity contribution in [3.05, 3.63) is 102 Å². The molecule has 4 heteroatoms. The van der Waals surface area contributed by atoms with Crippen LogP contribution in [-0.4, -0.2) is 18.1 Å². The molecule has 4 nitrogen and oxygen atoms in total. The fraction of sp³-hybridized carbons (Fsp3) is 0.138. The van der Waals surface area contributed by atoms with Crippen molar-refractivity contribution < 1.29 is 14.3 Å². The van der Waals surface area contributed by atoms with E-state index in [2.05, 4.69) is 77.8 Å². The van der Waals surface area contributed by atoms with E-state index in [9.17, 15) is 4.79 Å². The number of nitrogens with one attached hydrogen (secondary N) is 1. The van der Waals surface area contributed by atoms with Gasteiger partial charge in [-0.1, -0.05) is 54.6 Å². The number of aromatic amines is 1. The van der Waals surface area contributed by atoms with E-state index >= 15 is 0 Å². The zero-order valence-corrected chi connectivity index (χ0v) is 18.5. The van der Waals surface area contributed by atoms with Gasteiger partial charge in [0.2, 0.25) is 0 Å². The molecule has 0 amide bonds. The number of carbonyl (C=O) groups excluding carboxylic acids is 1. The highest BCUT2D eigenvalue weighted by Gasteiger charge is 2.12. The van der Waals surface area contributed by atoms with E-state index in [1.807, 2.05) is 18.3 Å². The lowest BCUT2D eigenvalue weighted by Crippen LogP contribution is -2.03. The van der Waals surface area contributed by atoms with Crippen molar-refractivity contribution in [2.45, 2.75) is 19.4 Å². The fourth-order valence-corrected chi connectivity index (χ4v) is 4.23. The van der Waals surface area contributed by atoms with Gasteiger partial charge in [0.05, 0.1) is 7.11 Å². The Balaban J connectivity index is 1.49. The van der Waals surface area contributed by atoms with Gasteiger partial charge >= 0.3 is 5.97 Å². The molecule has 0 saturated carbocycles. The van der Waals surface area contributed by atoms with Crippen LogP contribution in [0.2, 0.25) is 0 Å². The zero-order chi connectivity index (χ0) is 22.6. The Morgan fingerprint density at radius 3 is 2.67 bits per heavy atom. The number of methoxy groups -OCH3 is 1. The zero-order valence-electron chi connectivity index (χ0n) is 18.5. The molecule has 1 N–H and O–H groups in total. The molecule has 1 aromatic heterocycles. The molecule has 1 heterocycles. The lowest BCUT2D eigenvalue weighted by molar-refractivity contribution is -0.140. The molecular weight excluding hydrogens is 410 g/mol. The first kappa shape index (κ1) is 20.8. The predicted molar refractivity (Wildman–Crippen MR) is 132 cm³/mol. The maximum absolute atomic E-state index is 11.6. The summed E-state index contributed by atoms with van der Waals surface area (Å²) in [6.07, 6.45) is 2.91. The SMILES string of the molecule is COC(=O)CCc1ccc(OCc2cccc3ccccc23)c(-c2ccc3[nH]ccc3c2)c1. The molecule has 0 bridgehead atoms. The van der Waals surface area contributed by atoms with Crippen LogP contribution in [0.5, 0.6) is 5.75 Å². The van der Waals surface area contributed by atoms with Gasteiger partial charge in [-0.05, 0) is 69.6 Å². The minimum Gasteiger partial charge on any atom is -0.488 e. The van der Waals surface area contributed by atoms with E-state index in [-0.39, 0.29) is 5.97 Å². The monoisotopic (exact) mass is 435 g/mol. The van der Waals surface area contributed by atoms with E-state index in [4.69, 9.17) is 9.47 Å². The summed E-state index contributed by atoms with van der Waals surface area (Å²) in [6, 6.07) is 29.2. The standard InChI is InChI=1S/C29H25NO3/c1-32-29(31)14-10-20-9-13-28(26(17-20)22-11-12-27-23(18-22)15-16-30-27)33-19-24-7-4-6-21-5-2-3-8-25(21)24/h2-9,11-13,15-18,30H,10,14,19H2,1H3. The van der Waals surface area contributed by atoms with Crippen molar-refractivity contribution in [2.24, 2.45) is 0 Å². The Hall–Kier alpha value is -4.05. The van der Waals surface area contributed by atoms with Crippen molar-refractivity contribution in [3.63, 3.8) is 0 Å². The Bertz CT molecular complexity index is 1430. The molecule has 0 saturated heterocycles. The van der Waals surface area contributed by atoms with Gasteiger partial charge in [-0.3, -0.25) is 4.79 Å². The van der Waals surface area contributed by atoms with Crippen molar-refractivity contribution in [1.29, 1.82) is 0 Å². The lowest BCUT2D eigenvalue weighted by atomic mass is 9.98. The minimum absolute atomic E-state index is 0.207. The van der Waals surface area contributed by atoms with Crippen LogP contribution < -0.4 is 4.74 Å². The normalized spacial score (nSPS) is 11.1. The van der Waals surface area contributed by atoms with E-state index < -0.39 is 0 Å².